The van der Waals surface area contributed by atoms with Crippen LogP contribution in [0.2, 0.25) is 0 Å². The first kappa shape index (κ1) is 15.3. The van der Waals surface area contributed by atoms with Crippen molar-refractivity contribution in [2.24, 2.45) is 5.41 Å². The van der Waals surface area contributed by atoms with Crippen LogP contribution < -0.4 is 0 Å². The Morgan fingerprint density at radius 2 is 1.91 bits per heavy atom. The number of carbonyl (C=O) groups is 2. The summed E-state index contributed by atoms with van der Waals surface area (Å²) in [4.78, 5) is 25.2. The minimum Gasteiger partial charge on any atom is -0.481 e. The lowest BCUT2D eigenvalue weighted by Gasteiger charge is -2.19. The van der Waals surface area contributed by atoms with Crippen LogP contribution in [0.5, 0.6) is 0 Å². The first-order valence-electron chi connectivity index (χ1n) is 7.27. The van der Waals surface area contributed by atoms with Gasteiger partial charge in [0.15, 0.2) is 5.76 Å². The molecule has 0 aliphatic carbocycles. The number of halogens is 1. The number of carboxylic acid groups (broad SMARTS) is 1. The number of hydrogen-bond acceptors (Lipinski definition) is 3. The van der Waals surface area contributed by atoms with Gasteiger partial charge < -0.3 is 14.4 Å². The molecule has 1 fully saturated rings. The SMILES string of the molecule is C[C@]1(C(=O)O)CCN(C(=O)c2ccc(-c3ccc(F)cc3)o2)C1. The molecule has 1 atom stereocenters. The predicted octanol–water partition coefficient (Wildman–Crippen LogP) is 3.02. The molecule has 1 aromatic heterocycles. The fourth-order valence-electron chi connectivity index (χ4n) is 2.69. The van der Waals surface area contributed by atoms with E-state index in [4.69, 9.17) is 4.42 Å². The number of hydrogen-bond donors (Lipinski definition) is 1. The Bertz CT molecular complexity index is 752. The van der Waals surface area contributed by atoms with Gasteiger partial charge in [0.05, 0.1) is 5.41 Å². The maximum absolute atomic E-state index is 12.9. The summed E-state index contributed by atoms with van der Waals surface area (Å²) in [6, 6.07) is 8.97. The van der Waals surface area contributed by atoms with E-state index in [1.807, 2.05) is 0 Å². The van der Waals surface area contributed by atoms with Crippen molar-refractivity contribution in [3.8, 4) is 11.3 Å². The van der Waals surface area contributed by atoms with E-state index in [-0.39, 0.29) is 24.0 Å². The quantitative estimate of drug-likeness (QED) is 0.944. The number of amides is 1. The van der Waals surface area contributed by atoms with Crippen molar-refractivity contribution in [2.45, 2.75) is 13.3 Å². The van der Waals surface area contributed by atoms with Crippen LogP contribution in [0.15, 0.2) is 40.8 Å². The second-order valence-corrected chi connectivity index (χ2v) is 6.01. The molecule has 2 aromatic rings. The molecule has 0 radical (unpaired) electrons. The van der Waals surface area contributed by atoms with Crippen LogP contribution in [0.3, 0.4) is 0 Å². The van der Waals surface area contributed by atoms with Crippen LogP contribution in [0.4, 0.5) is 4.39 Å². The van der Waals surface area contributed by atoms with Crippen molar-refractivity contribution < 1.29 is 23.5 Å². The molecule has 0 spiro atoms. The Balaban J connectivity index is 1.77. The fraction of sp³-hybridized carbons (Fsp3) is 0.294. The van der Waals surface area contributed by atoms with Crippen molar-refractivity contribution in [3.05, 3.63) is 48.0 Å². The number of likely N-dealkylation sites (tertiary alicyclic amines) is 1. The molecular weight excluding hydrogens is 301 g/mol. The molecule has 120 valence electrons. The standard InChI is InChI=1S/C17H16FNO4/c1-17(16(21)22)8-9-19(10-17)15(20)14-7-6-13(23-14)11-2-4-12(18)5-3-11/h2-7H,8-10H2,1H3,(H,21,22)/t17-/m0/s1. The topological polar surface area (TPSA) is 70.8 Å². The molecule has 23 heavy (non-hydrogen) atoms. The van der Waals surface area contributed by atoms with E-state index >= 15 is 0 Å². The van der Waals surface area contributed by atoms with E-state index in [1.54, 1.807) is 31.2 Å². The molecule has 0 saturated carbocycles. The number of nitrogens with zero attached hydrogens (tertiary/aromatic N) is 1. The number of furan rings is 1. The van der Waals surface area contributed by atoms with E-state index in [0.717, 1.165) is 0 Å². The zero-order valence-electron chi connectivity index (χ0n) is 12.6. The van der Waals surface area contributed by atoms with Gasteiger partial charge in [-0.1, -0.05) is 0 Å². The summed E-state index contributed by atoms with van der Waals surface area (Å²) in [6.45, 7) is 2.18. The van der Waals surface area contributed by atoms with Crippen LogP contribution in [0, 0.1) is 11.2 Å². The zero-order valence-corrected chi connectivity index (χ0v) is 12.6. The maximum atomic E-state index is 12.9. The number of carbonyl (C=O) groups excluding carboxylic acids is 1. The summed E-state index contributed by atoms with van der Waals surface area (Å²) < 4.78 is 18.5. The second kappa shape index (κ2) is 5.53. The Kier molecular flexibility index (Phi) is 3.67. The number of rotatable bonds is 3. The van der Waals surface area contributed by atoms with Crippen molar-refractivity contribution in [2.75, 3.05) is 13.1 Å². The lowest BCUT2D eigenvalue weighted by atomic mass is 9.90. The highest BCUT2D eigenvalue weighted by molar-refractivity contribution is 5.93. The summed E-state index contributed by atoms with van der Waals surface area (Å²) in [6.07, 6.45) is 0.416. The van der Waals surface area contributed by atoms with Gasteiger partial charge in [-0.2, -0.15) is 0 Å². The van der Waals surface area contributed by atoms with Crippen LogP contribution in [0.1, 0.15) is 23.9 Å². The Morgan fingerprint density at radius 3 is 2.52 bits per heavy atom. The lowest BCUT2D eigenvalue weighted by molar-refractivity contribution is -0.147. The van der Waals surface area contributed by atoms with E-state index in [1.165, 1.54) is 17.0 Å². The van der Waals surface area contributed by atoms with Crippen molar-refractivity contribution in [3.63, 3.8) is 0 Å². The number of carboxylic acids is 1. The Morgan fingerprint density at radius 1 is 1.22 bits per heavy atom. The average Bonchev–Trinajstić information content (AvgIpc) is 3.15. The van der Waals surface area contributed by atoms with Crippen molar-refractivity contribution >= 4 is 11.9 Å². The molecule has 1 saturated heterocycles. The lowest BCUT2D eigenvalue weighted by Crippen LogP contribution is -2.34. The monoisotopic (exact) mass is 317 g/mol. The second-order valence-electron chi connectivity index (χ2n) is 6.01. The Labute approximate surface area is 132 Å². The highest BCUT2D eigenvalue weighted by Gasteiger charge is 2.42. The molecule has 0 bridgehead atoms. The first-order chi connectivity index (χ1) is 10.9. The molecule has 5 nitrogen and oxygen atoms in total. The third-order valence-electron chi connectivity index (χ3n) is 4.22. The highest BCUT2D eigenvalue weighted by Crippen LogP contribution is 2.32. The highest BCUT2D eigenvalue weighted by atomic mass is 19.1. The molecule has 3 rings (SSSR count). The largest absolute Gasteiger partial charge is 0.481 e. The van der Waals surface area contributed by atoms with Crippen LogP contribution in [-0.4, -0.2) is 35.0 Å². The van der Waals surface area contributed by atoms with Gasteiger partial charge in [-0.25, -0.2) is 4.39 Å². The maximum Gasteiger partial charge on any atom is 0.311 e. The van der Waals surface area contributed by atoms with Gasteiger partial charge in [-0.05, 0) is 49.7 Å². The van der Waals surface area contributed by atoms with E-state index in [0.29, 0.717) is 24.3 Å². The molecule has 1 aromatic carbocycles. The minimum atomic E-state index is -0.915. The molecule has 6 heteroatoms. The summed E-state index contributed by atoms with van der Waals surface area (Å²) >= 11 is 0. The molecule has 1 amide bonds. The molecule has 1 aliphatic heterocycles. The molecule has 2 heterocycles. The number of aliphatic carboxylic acids is 1. The van der Waals surface area contributed by atoms with Gasteiger partial charge in [0.1, 0.15) is 11.6 Å². The Hall–Kier alpha value is -2.63. The predicted molar refractivity (Wildman–Crippen MR) is 80.4 cm³/mol. The average molecular weight is 317 g/mol. The molecule has 0 unspecified atom stereocenters. The molecular formula is C17H16FNO4. The van der Waals surface area contributed by atoms with Crippen LogP contribution in [0.25, 0.3) is 11.3 Å². The van der Waals surface area contributed by atoms with Crippen molar-refractivity contribution in [1.82, 2.24) is 4.90 Å². The van der Waals surface area contributed by atoms with Gasteiger partial charge in [0.25, 0.3) is 5.91 Å². The normalized spacial score (nSPS) is 20.7. The van der Waals surface area contributed by atoms with Gasteiger partial charge >= 0.3 is 5.97 Å². The third-order valence-corrected chi connectivity index (χ3v) is 4.22. The van der Waals surface area contributed by atoms with E-state index in [9.17, 15) is 19.1 Å². The fourth-order valence-corrected chi connectivity index (χ4v) is 2.69. The smallest absolute Gasteiger partial charge is 0.311 e. The summed E-state index contributed by atoms with van der Waals surface area (Å²) in [5.41, 5.74) is -0.246. The first-order valence-corrected chi connectivity index (χ1v) is 7.27. The van der Waals surface area contributed by atoms with E-state index < -0.39 is 11.4 Å². The van der Waals surface area contributed by atoms with Gasteiger partial charge in [-0.3, -0.25) is 9.59 Å². The summed E-state index contributed by atoms with van der Waals surface area (Å²) in [7, 11) is 0. The van der Waals surface area contributed by atoms with Gasteiger partial charge in [0, 0.05) is 18.7 Å². The van der Waals surface area contributed by atoms with Crippen LogP contribution >= 0.6 is 0 Å². The van der Waals surface area contributed by atoms with Crippen LogP contribution in [-0.2, 0) is 4.79 Å². The summed E-state index contributed by atoms with van der Waals surface area (Å²) in [5.74, 6) is -0.961. The molecule has 1 N–H and O–H groups in total. The minimum absolute atomic E-state index is 0.152. The van der Waals surface area contributed by atoms with Gasteiger partial charge in [-0.15, -0.1) is 0 Å². The zero-order chi connectivity index (χ0) is 16.6. The molecule has 1 aliphatic rings. The van der Waals surface area contributed by atoms with Crippen molar-refractivity contribution in [1.29, 1.82) is 0 Å². The third kappa shape index (κ3) is 2.84. The summed E-state index contributed by atoms with van der Waals surface area (Å²) in [5, 5.41) is 9.23. The van der Waals surface area contributed by atoms with Gasteiger partial charge in [0.2, 0.25) is 0 Å². The number of benzene rings is 1. The van der Waals surface area contributed by atoms with E-state index in [2.05, 4.69) is 0 Å².